The number of hydrogen-bond donors (Lipinski definition) is 1. The highest BCUT2D eigenvalue weighted by atomic mass is 16.6. The van der Waals surface area contributed by atoms with Gasteiger partial charge in [-0.25, -0.2) is 4.79 Å². The molecular weight excluding hydrogens is 264 g/mol. The maximum absolute atomic E-state index is 11.9. The fourth-order valence-electron chi connectivity index (χ4n) is 2.93. The van der Waals surface area contributed by atoms with E-state index in [-0.39, 0.29) is 6.09 Å². The zero-order chi connectivity index (χ0) is 16.0. The molecule has 0 spiro atoms. The Kier molecular flexibility index (Phi) is 6.98. The van der Waals surface area contributed by atoms with Crippen LogP contribution in [0.5, 0.6) is 0 Å². The molecule has 0 saturated heterocycles. The quantitative estimate of drug-likeness (QED) is 0.842. The van der Waals surface area contributed by atoms with Gasteiger partial charge in [-0.15, -0.1) is 0 Å². The van der Waals surface area contributed by atoms with E-state index in [1.807, 2.05) is 27.8 Å². The minimum absolute atomic E-state index is 0.236. The third kappa shape index (κ3) is 7.70. The summed E-state index contributed by atoms with van der Waals surface area (Å²) in [5.41, 5.74) is -0.426. The number of ether oxygens (including phenoxy) is 1. The Morgan fingerprint density at radius 1 is 1.38 bits per heavy atom. The number of amides is 1. The molecule has 0 aliphatic heterocycles. The number of carbonyl (C=O) groups is 1. The lowest BCUT2D eigenvalue weighted by molar-refractivity contribution is 0.0276. The Morgan fingerprint density at radius 3 is 2.62 bits per heavy atom. The highest BCUT2D eigenvalue weighted by molar-refractivity contribution is 5.67. The molecule has 1 aliphatic carbocycles. The minimum atomic E-state index is -0.426. The average molecular weight is 298 g/mol. The van der Waals surface area contributed by atoms with E-state index in [0.717, 1.165) is 19.0 Å². The molecule has 4 heteroatoms. The molecule has 1 saturated carbocycles. The summed E-state index contributed by atoms with van der Waals surface area (Å²) in [6.07, 6.45) is 5.05. The van der Waals surface area contributed by atoms with E-state index in [0.29, 0.717) is 12.0 Å². The van der Waals surface area contributed by atoms with Crippen LogP contribution in [0.15, 0.2) is 0 Å². The van der Waals surface area contributed by atoms with Gasteiger partial charge < -0.3 is 15.0 Å². The Hall–Kier alpha value is -0.770. The summed E-state index contributed by atoms with van der Waals surface area (Å²) in [4.78, 5) is 13.6. The summed E-state index contributed by atoms with van der Waals surface area (Å²) in [5, 5.41) is 3.67. The largest absolute Gasteiger partial charge is 0.444 e. The lowest BCUT2D eigenvalue weighted by Crippen LogP contribution is -2.41. The normalized spacial score (nSPS) is 24.5. The van der Waals surface area contributed by atoms with Crippen molar-refractivity contribution in [1.82, 2.24) is 10.2 Å². The van der Waals surface area contributed by atoms with Crippen LogP contribution >= 0.6 is 0 Å². The number of nitrogens with zero attached hydrogens (tertiary/aromatic N) is 1. The van der Waals surface area contributed by atoms with Crippen LogP contribution in [0, 0.1) is 11.8 Å². The molecule has 0 aromatic heterocycles. The standard InChI is InChI=1S/C17H34N2O2/c1-13-8-7-9-15(10-13)18-11-14(2)12-19(6)16(20)21-17(3,4)5/h13-15,18H,7-12H2,1-6H3. The van der Waals surface area contributed by atoms with Gasteiger partial charge in [0.25, 0.3) is 0 Å². The van der Waals surface area contributed by atoms with Crippen LogP contribution in [-0.2, 0) is 4.74 Å². The second-order valence-corrected chi connectivity index (χ2v) is 7.84. The molecule has 1 N–H and O–H groups in total. The van der Waals surface area contributed by atoms with Gasteiger partial charge in [0.1, 0.15) is 5.60 Å². The molecule has 1 aliphatic rings. The van der Waals surface area contributed by atoms with Crippen molar-refractivity contribution in [2.24, 2.45) is 11.8 Å². The fraction of sp³-hybridized carbons (Fsp3) is 0.941. The molecule has 1 rings (SSSR count). The Labute approximate surface area is 130 Å². The van der Waals surface area contributed by atoms with Gasteiger partial charge in [0.15, 0.2) is 0 Å². The fourth-order valence-corrected chi connectivity index (χ4v) is 2.93. The molecule has 0 bridgehead atoms. The van der Waals surface area contributed by atoms with Crippen LogP contribution < -0.4 is 5.32 Å². The summed E-state index contributed by atoms with van der Waals surface area (Å²) < 4.78 is 5.38. The van der Waals surface area contributed by atoms with E-state index >= 15 is 0 Å². The van der Waals surface area contributed by atoms with Crippen LogP contribution in [0.1, 0.15) is 60.3 Å². The molecule has 3 atom stereocenters. The average Bonchev–Trinajstić information content (AvgIpc) is 2.34. The van der Waals surface area contributed by atoms with Crippen molar-refractivity contribution in [1.29, 1.82) is 0 Å². The predicted octanol–water partition coefficient (Wildman–Crippen LogP) is 3.66. The molecule has 1 fully saturated rings. The van der Waals surface area contributed by atoms with Crippen LogP contribution in [-0.4, -0.2) is 42.8 Å². The molecule has 3 unspecified atom stereocenters. The molecule has 0 aromatic rings. The van der Waals surface area contributed by atoms with Crippen molar-refractivity contribution in [3.63, 3.8) is 0 Å². The van der Waals surface area contributed by atoms with Gasteiger partial charge in [-0.2, -0.15) is 0 Å². The van der Waals surface area contributed by atoms with E-state index in [2.05, 4.69) is 19.2 Å². The Balaban J connectivity index is 2.26. The van der Waals surface area contributed by atoms with E-state index in [1.54, 1.807) is 4.90 Å². The predicted molar refractivity (Wildman–Crippen MR) is 87.5 cm³/mol. The number of hydrogen-bond acceptors (Lipinski definition) is 3. The molecule has 4 nitrogen and oxygen atoms in total. The van der Waals surface area contributed by atoms with E-state index in [1.165, 1.54) is 25.7 Å². The molecule has 0 radical (unpaired) electrons. The maximum atomic E-state index is 11.9. The van der Waals surface area contributed by atoms with Gasteiger partial charge in [-0.1, -0.05) is 26.7 Å². The van der Waals surface area contributed by atoms with Crippen molar-refractivity contribution in [2.45, 2.75) is 71.9 Å². The van der Waals surface area contributed by atoms with Crippen LogP contribution in [0.3, 0.4) is 0 Å². The smallest absolute Gasteiger partial charge is 0.410 e. The third-order valence-electron chi connectivity index (χ3n) is 3.98. The van der Waals surface area contributed by atoms with Crippen molar-refractivity contribution in [3.8, 4) is 0 Å². The SMILES string of the molecule is CC1CCCC(NCC(C)CN(C)C(=O)OC(C)(C)C)C1. The summed E-state index contributed by atoms with van der Waals surface area (Å²) in [7, 11) is 1.81. The molecule has 0 aromatic carbocycles. The minimum Gasteiger partial charge on any atom is -0.444 e. The maximum Gasteiger partial charge on any atom is 0.410 e. The zero-order valence-corrected chi connectivity index (χ0v) is 14.7. The van der Waals surface area contributed by atoms with Gasteiger partial charge in [0.2, 0.25) is 0 Å². The topological polar surface area (TPSA) is 41.6 Å². The first kappa shape index (κ1) is 18.3. The Bertz CT molecular complexity index is 325. The second kappa shape index (κ2) is 8.02. The Morgan fingerprint density at radius 2 is 2.05 bits per heavy atom. The number of rotatable bonds is 5. The molecule has 21 heavy (non-hydrogen) atoms. The zero-order valence-electron chi connectivity index (χ0n) is 14.7. The number of nitrogens with one attached hydrogen (secondary N) is 1. The monoisotopic (exact) mass is 298 g/mol. The first-order valence-electron chi connectivity index (χ1n) is 8.35. The van der Waals surface area contributed by atoms with E-state index in [4.69, 9.17) is 4.74 Å². The van der Waals surface area contributed by atoms with Gasteiger partial charge in [0, 0.05) is 19.6 Å². The third-order valence-corrected chi connectivity index (χ3v) is 3.98. The van der Waals surface area contributed by atoms with Crippen LogP contribution in [0.25, 0.3) is 0 Å². The van der Waals surface area contributed by atoms with Gasteiger partial charge >= 0.3 is 6.09 Å². The number of carbonyl (C=O) groups excluding carboxylic acids is 1. The molecular formula is C17H34N2O2. The van der Waals surface area contributed by atoms with Crippen LogP contribution in [0.4, 0.5) is 4.79 Å². The summed E-state index contributed by atoms with van der Waals surface area (Å²) in [6, 6.07) is 0.656. The van der Waals surface area contributed by atoms with Crippen LogP contribution in [0.2, 0.25) is 0 Å². The summed E-state index contributed by atoms with van der Waals surface area (Å²) in [5.74, 6) is 1.27. The second-order valence-electron chi connectivity index (χ2n) is 7.84. The first-order chi connectivity index (χ1) is 9.67. The molecule has 1 amide bonds. The summed E-state index contributed by atoms with van der Waals surface area (Å²) in [6.45, 7) is 11.9. The highest BCUT2D eigenvalue weighted by Gasteiger charge is 2.22. The van der Waals surface area contributed by atoms with Crippen molar-refractivity contribution >= 4 is 6.09 Å². The highest BCUT2D eigenvalue weighted by Crippen LogP contribution is 2.23. The van der Waals surface area contributed by atoms with Gasteiger partial charge in [-0.05, 0) is 52.0 Å². The first-order valence-corrected chi connectivity index (χ1v) is 8.35. The molecule has 124 valence electrons. The lowest BCUT2D eigenvalue weighted by atomic mass is 9.87. The van der Waals surface area contributed by atoms with Crippen molar-refractivity contribution in [2.75, 3.05) is 20.1 Å². The summed E-state index contributed by atoms with van der Waals surface area (Å²) >= 11 is 0. The van der Waals surface area contributed by atoms with E-state index in [9.17, 15) is 4.79 Å². The lowest BCUT2D eigenvalue weighted by Gasteiger charge is -2.30. The van der Waals surface area contributed by atoms with Gasteiger partial charge in [-0.3, -0.25) is 0 Å². The van der Waals surface area contributed by atoms with E-state index < -0.39 is 5.60 Å². The van der Waals surface area contributed by atoms with Crippen molar-refractivity contribution < 1.29 is 9.53 Å². The van der Waals surface area contributed by atoms with Gasteiger partial charge in [0.05, 0.1) is 0 Å². The molecule has 0 heterocycles. The van der Waals surface area contributed by atoms with Crippen molar-refractivity contribution in [3.05, 3.63) is 0 Å².